The molecule has 4 aliphatic rings. The molecule has 0 bridgehead atoms. The van der Waals surface area contributed by atoms with Crippen LogP contribution in [-0.2, 0) is 94.4 Å². The average Bonchev–Trinajstić information content (AvgIpc) is 1.60. The molecular weight excluding hydrogens is 1630 g/mol. The van der Waals surface area contributed by atoms with E-state index in [9.17, 15) is 57.8 Å². The summed E-state index contributed by atoms with van der Waals surface area (Å²) in [5, 5.41) is 15.0. The van der Waals surface area contributed by atoms with E-state index < -0.39 is 109 Å². The Hall–Kier alpha value is -13.4. The highest BCUT2D eigenvalue weighted by Crippen LogP contribution is 2.46. The predicted molar refractivity (Wildman–Crippen MR) is 496 cm³/mol. The van der Waals surface area contributed by atoms with Crippen LogP contribution in [0.4, 0.5) is 9.59 Å². The van der Waals surface area contributed by atoms with Gasteiger partial charge in [-0.15, -0.1) is 0 Å². The molecule has 13 rings (SSSR count). The summed E-state index contributed by atoms with van der Waals surface area (Å²) in [4.78, 5) is 176. The third-order valence-corrected chi connectivity index (χ3v) is 24.7. The van der Waals surface area contributed by atoms with Crippen LogP contribution >= 0.6 is 0 Å². The SMILES string of the molecule is C.C.C[C@H](CC(=O)[C@H](Cc1ccccc1)N(C)C(=O)[C@H](Cc1ccccc1)N(C)C(=O)[C@H](CC(=O)O)NC(=O)OCC1c2ccccc2-c2ccccc21)C(=O)N1CCCCC1.C[C@H](CC(=O)[C@H](Cc1ccccc1)N(C)C(=O)[C@H](Cc1ccccc1)N(C)C(=O)[C@H](CC(=O)OCc1ccccc1)NC(=O)OCC1c2ccccc2-c2ccccc21)C(=O)N1CCCCC1. The number of carbonyl (C=O) groups is 12. The van der Waals surface area contributed by atoms with E-state index >= 15 is 4.79 Å². The number of likely N-dealkylation sites (tertiary alicyclic amines) is 2. The summed E-state index contributed by atoms with van der Waals surface area (Å²) in [6.07, 6.45) is 2.89. The molecule has 129 heavy (non-hydrogen) atoms. The van der Waals surface area contributed by atoms with Gasteiger partial charge < -0.3 is 59.4 Å². The molecule has 2 fully saturated rings. The standard InChI is InChI=1S/C55H60N4O8.C48H54N4O8.2CH4/c1-38(52(62)59-30-18-7-19-31-59)32-50(60)48(33-39-20-8-4-9-21-39)57(2)54(64)49(34-40-22-10-5-11-23-40)58(3)53(63)47(35-51(61)66-36-41-24-12-6-13-25-41)56-55(65)67-37-46-44-28-16-14-26-42(44)43-27-15-17-29-45(43)46;1-32(45(56)52-25-15-6-16-26-52)27-43(53)41(28-33-17-7-4-8-18-33)50(2)47(58)42(29-34-19-9-5-10-20-34)51(3)46(57)40(30-44(54)55)49-48(59)60-31-39-37-23-13-11-21-35(37)36-22-12-14-24-38(36)39;;/h4-6,8-17,20-29,38,46-49H,7,18-19,30-37H2,1-3H3,(H,56,65);4-5,7-14,17-24,32,39-42H,6,15-16,25-31H2,1-3H3,(H,49,59)(H,54,55);2*1H4/t38-,47+,48+,49+;32-,40+,41+,42+;;/m11../s1. The van der Waals surface area contributed by atoms with Crippen LogP contribution in [0.25, 0.3) is 22.3 Å². The first kappa shape index (κ1) is 97.8. The lowest BCUT2D eigenvalue weighted by atomic mass is 9.92. The summed E-state index contributed by atoms with van der Waals surface area (Å²) in [5.41, 5.74) is 12.0. The van der Waals surface area contributed by atoms with Crippen LogP contribution in [0, 0.1) is 11.8 Å². The smallest absolute Gasteiger partial charge is 0.407 e. The summed E-state index contributed by atoms with van der Waals surface area (Å²) in [6.45, 7) is 5.99. The van der Waals surface area contributed by atoms with Gasteiger partial charge in [-0.05, 0) is 124 Å². The van der Waals surface area contributed by atoms with Crippen molar-refractivity contribution < 1.29 is 76.9 Å². The van der Waals surface area contributed by atoms with E-state index in [-0.39, 0.29) is 108 Å². The van der Waals surface area contributed by atoms with Crippen LogP contribution < -0.4 is 10.6 Å². The Morgan fingerprint density at radius 1 is 0.341 bits per heavy atom. The number of aliphatic carboxylic acids is 1. The van der Waals surface area contributed by atoms with Crippen molar-refractivity contribution in [3.63, 3.8) is 0 Å². The maximum absolute atomic E-state index is 15.1. The molecule has 24 nitrogen and oxygen atoms in total. The number of piperidine rings is 2. The van der Waals surface area contributed by atoms with Crippen molar-refractivity contribution in [3.05, 3.63) is 299 Å². The minimum absolute atomic E-state index is 0. The Labute approximate surface area is 757 Å². The van der Waals surface area contributed by atoms with Crippen LogP contribution in [-0.4, -0.2) is 209 Å². The van der Waals surface area contributed by atoms with Gasteiger partial charge in [-0.25, -0.2) is 9.59 Å². The molecule has 0 radical (unpaired) electrons. The number of esters is 1. The molecule has 678 valence electrons. The lowest BCUT2D eigenvalue weighted by Crippen LogP contribution is -2.58. The minimum atomic E-state index is -1.58. The third kappa shape index (κ3) is 25.7. The van der Waals surface area contributed by atoms with Gasteiger partial charge in [-0.1, -0.05) is 277 Å². The van der Waals surface area contributed by atoms with Crippen molar-refractivity contribution in [2.24, 2.45) is 11.8 Å². The van der Waals surface area contributed by atoms with E-state index in [1.807, 2.05) is 234 Å². The van der Waals surface area contributed by atoms with Crippen molar-refractivity contribution in [1.82, 2.24) is 40.0 Å². The molecule has 0 spiro atoms. The van der Waals surface area contributed by atoms with Gasteiger partial charge in [0.2, 0.25) is 35.4 Å². The fourth-order valence-corrected chi connectivity index (χ4v) is 17.6. The second kappa shape index (κ2) is 47.4. The number of likely N-dealkylation sites (N-methyl/N-ethyl adjacent to an activating group) is 4. The van der Waals surface area contributed by atoms with Crippen LogP contribution in [0.1, 0.15) is 155 Å². The Kier molecular flexibility index (Phi) is 36.0. The van der Waals surface area contributed by atoms with Gasteiger partial charge in [-0.3, -0.25) is 47.9 Å². The number of nitrogens with one attached hydrogen (secondary N) is 2. The van der Waals surface area contributed by atoms with E-state index in [2.05, 4.69) is 10.6 Å². The van der Waals surface area contributed by atoms with Crippen molar-refractivity contribution >= 4 is 71.1 Å². The van der Waals surface area contributed by atoms with Crippen LogP contribution in [0.3, 0.4) is 0 Å². The fraction of sp³-hybridized carbons (Fsp3) is 0.371. The summed E-state index contributed by atoms with van der Waals surface area (Å²) in [7, 11) is 5.92. The van der Waals surface area contributed by atoms with Crippen molar-refractivity contribution in [1.29, 1.82) is 0 Å². The zero-order valence-electron chi connectivity index (χ0n) is 73.0. The second-order valence-corrected chi connectivity index (χ2v) is 33.5. The molecule has 9 aromatic rings. The number of fused-ring (bicyclic) bond motifs is 6. The lowest BCUT2D eigenvalue weighted by Gasteiger charge is -2.36. The summed E-state index contributed by atoms with van der Waals surface area (Å²) < 4.78 is 17.1. The van der Waals surface area contributed by atoms with Gasteiger partial charge >= 0.3 is 24.1 Å². The number of amides is 8. The molecule has 2 saturated heterocycles. The first-order chi connectivity index (χ1) is 61.4. The molecule has 8 atom stereocenters. The highest BCUT2D eigenvalue weighted by Gasteiger charge is 2.43. The summed E-state index contributed by atoms with van der Waals surface area (Å²) in [5.74, 6) is -7.19. The van der Waals surface area contributed by atoms with Crippen molar-refractivity contribution in [2.45, 2.75) is 173 Å². The molecule has 2 aliphatic carbocycles. The van der Waals surface area contributed by atoms with Gasteiger partial charge in [-0.2, -0.15) is 0 Å². The van der Waals surface area contributed by atoms with Crippen molar-refractivity contribution in [3.8, 4) is 22.3 Å². The van der Waals surface area contributed by atoms with Crippen LogP contribution in [0.2, 0.25) is 0 Å². The Morgan fingerprint density at radius 2 is 0.612 bits per heavy atom. The Balaban J connectivity index is 0.000000266. The monoisotopic (exact) mass is 1750 g/mol. The number of carboxylic acids is 1. The fourth-order valence-electron chi connectivity index (χ4n) is 17.6. The summed E-state index contributed by atoms with van der Waals surface area (Å²) >= 11 is 0. The number of carbonyl (C=O) groups excluding carboxylic acids is 11. The van der Waals surface area contributed by atoms with E-state index in [4.69, 9.17) is 14.2 Å². The van der Waals surface area contributed by atoms with E-state index in [0.717, 1.165) is 116 Å². The zero-order chi connectivity index (χ0) is 90.0. The molecule has 3 N–H and O–H groups in total. The Bertz CT molecular complexity index is 5210. The number of carboxylic acid groups (broad SMARTS) is 1. The number of nitrogens with zero attached hydrogens (tertiary/aromatic N) is 6. The van der Waals surface area contributed by atoms with Crippen molar-refractivity contribution in [2.75, 3.05) is 67.6 Å². The topological polar surface area (TPSA) is 296 Å². The average molecular weight is 1750 g/mol. The molecule has 0 saturated carbocycles. The Morgan fingerprint density at radius 3 is 0.922 bits per heavy atom. The molecule has 2 heterocycles. The molecule has 0 unspecified atom stereocenters. The lowest BCUT2D eigenvalue weighted by molar-refractivity contribution is -0.151. The van der Waals surface area contributed by atoms with E-state index in [1.54, 1.807) is 45.2 Å². The molecule has 24 heteroatoms. The third-order valence-electron chi connectivity index (χ3n) is 24.7. The molecule has 2 aliphatic heterocycles. The molecule has 0 aromatic heterocycles. The minimum Gasteiger partial charge on any atom is -0.481 e. The maximum Gasteiger partial charge on any atom is 0.407 e. The molecular formula is C105H122N8O16. The number of alkyl carbamates (subject to hydrolysis) is 2. The normalized spacial score (nSPS) is 14.9. The number of benzene rings is 9. The van der Waals surface area contributed by atoms with Gasteiger partial charge in [0.15, 0.2) is 11.6 Å². The largest absolute Gasteiger partial charge is 0.481 e. The first-order valence-electron chi connectivity index (χ1n) is 43.9. The molecule has 8 amide bonds. The highest BCUT2D eigenvalue weighted by molar-refractivity contribution is 5.99. The van der Waals surface area contributed by atoms with E-state index in [0.29, 0.717) is 26.2 Å². The maximum atomic E-state index is 15.1. The highest BCUT2D eigenvalue weighted by atomic mass is 16.6. The van der Waals surface area contributed by atoms with Crippen LogP contribution in [0.5, 0.6) is 0 Å². The number of Topliss-reactive ketones (excluding diaryl/α,β-unsaturated/α-hetero) is 2. The molecule has 9 aromatic carbocycles. The number of hydrogen-bond donors (Lipinski definition) is 3. The van der Waals surface area contributed by atoms with E-state index in [1.165, 1.54) is 35.8 Å². The zero-order valence-corrected chi connectivity index (χ0v) is 73.0. The number of hydrogen-bond acceptors (Lipinski definition) is 15. The van der Waals surface area contributed by atoms with Gasteiger partial charge in [0.1, 0.15) is 44.0 Å². The van der Waals surface area contributed by atoms with Gasteiger partial charge in [0, 0.05) is 104 Å². The number of ketones is 2. The second-order valence-electron chi connectivity index (χ2n) is 33.5. The van der Waals surface area contributed by atoms with Crippen LogP contribution in [0.15, 0.2) is 249 Å². The van der Waals surface area contributed by atoms with Gasteiger partial charge in [0.25, 0.3) is 0 Å². The first-order valence-corrected chi connectivity index (χ1v) is 43.9. The summed E-state index contributed by atoms with van der Waals surface area (Å²) in [6, 6.07) is 70.1. The number of ether oxygens (including phenoxy) is 3. The quantitative estimate of drug-likeness (QED) is 0.0243. The number of rotatable bonds is 36. The van der Waals surface area contributed by atoms with Gasteiger partial charge in [0.05, 0.1) is 24.9 Å². The predicted octanol–water partition coefficient (Wildman–Crippen LogP) is 15.2.